The molecule has 3 aromatic rings. The highest BCUT2D eigenvalue weighted by Gasteiger charge is 2.49. The Morgan fingerprint density at radius 2 is 1.79 bits per heavy atom. The Labute approximate surface area is 197 Å². The molecule has 2 aliphatic rings. The highest BCUT2D eigenvalue weighted by atomic mass is 32.1. The van der Waals surface area contributed by atoms with Gasteiger partial charge in [-0.3, -0.25) is 5.32 Å². The molecule has 2 heterocycles. The molecule has 0 saturated heterocycles. The number of carbonyl (C=O) groups is 1. The number of rotatable bonds is 2. The van der Waals surface area contributed by atoms with Crippen LogP contribution in [0.2, 0.25) is 0 Å². The fraction of sp³-hybridized carbons (Fsp3) is 0.231. The third-order valence-corrected chi connectivity index (χ3v) is 5.68. The van der Waals surface area contributed by atoms with Crippen LogP contribution in [-0.4, -0.2) is 16.9 Å². The molecule has 1 unspecified atom stereocenters. The fourth-order valence-corrected chi connectivity index (χ4v) is 4.47. The number of fused-ring (bicyclic) bond motifs is 6. The first kappa shape index (κ1) is 21.3. The zero-order valence-electron chi connectivity index (χ0n) is 18.5. The summed E-state index contributed by atoms with van der Waals surface area (Å²) in [6.07, 6.45) is -0.534. The zero-order chi connectivity index (χ0) is 23.2. The number of benzene rings is 3. The molecule has 1 spiro atoms. The highest BCUT2D eigenvalue weighted by molar-refractivity contribution is 7.78. The second-order valence-electron chi connectivity index (χ2n) is 8.95. The maximum Gasteiger partial charge on any atom is 0.412 e. The van der Waals surface area contributed by atoms with E-state index in [1.807, 2.05) is 63.2 Å². The van der Waals surface area contributed by atoms with Crippen LogP contribution >= 0.6 is 12.2 Å². The monoisotopic (exact) mass is 458 g/mol. The van der Waals surface area contributed by atoms with E-state index in [0.717, 1.165) is 22.3 Å². The summed E-state index contributed by atoms with van der Waals surface area (Å²) in [5, 5.41) is 5.17. The van der Waals surface area contributed by atoms with Gasteiger partial charge in [-0.1, -0.05) is 24.3 Å². The summed E-state index contributed by atoms with van der Waals surface area (Å²) in [5.74, 6) is 1.19. The van der Waals surface area contributed by atoms with Crippen molar-refractivity contribution >= 4 is 34.8 Å². The van der Waals surface area contributed by atoms with Crippen LogP contribution in [0, 0.1) is 0 Å². The summed E-state index contributed by atoms with van der Waals surface area (Å²) in [7, 11) is 0. The largest absolute Gasteiger partial charge is 0.456 e. The number of carbonyl (C=O) groups excluding carboxylic acids is 1. The van der Waals surface area contributed by atoms with Crippen LogP contribution < -0.4 is 10.1 Å². The average Bonchev–Trinajstić information content (AvgIpc) is 3.13. The van der Waals surface area contributed by atoms with E-state index >= 15 is 0 Å². The van der Waals surface area contributed by atoms with Gasteiger partial charge in [0, 0.05) is 28.9 Å². The summed E-state index contributed by atoms with van der Waals surface area (Å²) in [5.41, 5.74) is 3.69. The Hall–Kier alpha value is -3.51. The molecule has 33 heavy (non-hydrogen) atoms. The Bertz CT molecular complexity index is 1320. The number of amides is 1. The highest BCUT2D eigenvalue weighted by Crippen LogP contribution is 2.56. The second kappa shape index (κ2) is 7.81. The number of nitrogens with one attached hydrogen (secondary N) is 1. The van der Waals surface area contributed by atoms with Gasteiger partial charge in [-0.15, -0.1) is 0 Å². The van der Waals surface area contributed by atoms with Crippen LogP contribution in [-0.2, 0) is 21.7 Å². The normalized spacial score (nSPS) is 17.8. The van der Waals surface area contributed by atoms with Crippen molar-refractivity contribution < 1.29 is 19.0 Å². The first-order chi connectivity index (χ1) is 15.8. The molecule has 0 radical (unpaired) electrons. The van der Waals surface area contributed by atoms with Crippen LogP contribution in [0.1, 0.15) is 43.0 Å². The lowest BCUT2D eigenvalue weighted by Crippen LogP contribution is -2.32. The van der Waals surface area contributed by atoms with Crippen LogP contribution in [0.3, 0.4) is 0 Å². The topological polar surface area (TPSA) is 69.2 Å². The number of nitrogens with zero attached hydrogens (tertiary/aromatic N) is 1. The number of hydrogen-bond donors (Lipinski definition) is 1. The summed E-state index contributed by atoms with van der Waals surface area (Å²) in [4.78, 5) is 16.4. The second-order valence-corrected chi connectivity index (χ2v) is 9.13. The number of isothiocyanates is 1. The van der Waals surface area contributed by atoms with E-state index in [9.17, 15) is 4.79 Å². The van der Waals surface area contributed by atoms with Gasteiger partial charge in [0.2, 0.25) is 0 Å². The SMILES string of the molecule is CC(C)(C)OC(=O)Nc1ccc2c(c1)Oc1cc(N=C=S)ccc1C21OCc2ccccc21. The minimum absolute atomic E-state index is 0.479. The van der Waals surface area contributed by atoms with E-state index in [4.69, 9.17) is 26.4 Å². The molecule has 1 N–H and O–H groups in total. The minimum Gasteiger partial charge on any atom is -0.456 e. The van der Waals surface area contributed by atoms with E-state index in [2.05, 4.69) is 27.6 Å². The van der Waals surface area contributed by atoms with E-state index in [0.29, 0.717) is 29.5 Å². The van der Waals surface area contributed by atoms with Crippen molar-refractivity contribution in [1.29, 1.82) is 0 Å². The van der Waals surface area contributed by atoms with Crippen molar-refractivity contribution in [2.24, 2.45) is 4.99 Å². The predicted octanol–water partition coefficient (Wildman–Crippen LogP) is 6.70. The third kappa shape index (κ3) is 3.70. The van der Waals surface area contributed by atoms with E-state index in [-0.39, 0.29) is 0 Å². The first-order valence-corrected chi connectivity index (χ1v) is 11.0. The number of hydrogen-bond acceptors (Lipinski definition) is 6. The third-order valence-electron chi connectivity index (χ3n) is 5.59. The standard InChI is InChI=1S/C26H22N2O4S/c1-25(2,3)32-24(29)28-18-9-11-21-23(13-18)31-22-12-17(27-15-33)8-10-20(22)26(21)19-7-5-4-6-16(19)14-30-26/h4-13H,14H2,1-3H3,(H,28,29). The summed E-state index contributed by atoms with van der Waals surface area (Å²) in [6, 6.07) is 19.3. The van der Waals surface area contributed by atoms with Gasteiger partial charge in [0.05, 0.1) is 17.5 Å². The van der Waals surface area contributed by atoms with Gasteiger partial charge < -0.3 is 14.2 Å². The lowest BCUT2D eigenvalue weighted by molar-refractivity contribution is 0.0200. The Balaban J connectivity index is 1.64. The van der Waals surface area contributed by atoms with E-state index in [1.165, 1.54) is 0 Å². The van der Waals surface area contributed by atoms with E-state index in [1.54, 1.807) is 6.07 Å². The van der Waals surface area contributed by atoms with Crippen molar-refractivity contribution in [3.05, 3.63) is 82.9 Å². The smallest absolute Gasteiger partial charge is 0.412 e. The molecule has 7 heteroatoms. The molecule has 6 nitrogen and oxygen atoms in total. The average molecular weight is 459 g/mol. The van der Waals surface area contributed by atoms with Gasteiger partial charge in [-0.2, -0.15) is 4.99 Å². The molecule has 166 valence electrons. The van der Waals surface area contributed by atoms with Gasteiger partial charge in [-0.25, -0.2) is 4.79 Å². The summed E-state index contributed by atoms with van der Waals surface area (Å²) in [6.45, 7) is 5.93. The molecule has 5 rings (SSSR count). The molecular formula is C26H22N2O4S. The number of ether oxygens (including phenoxy) is 3. The van der Waals surface area contributed by atoms with Gasteiger partial charge >= 0.3 is 6.09 Å². The van der Waals surface area contributed by atoms with Crippen LogP contribution in [0.15, 0.2) is 65.7 Å². The Morgan fingerprint density at radius 1 is 1.06 bits per heavy atom. The van der Waals surface area contributed by atoms with Crippen LogP contribution in [0.4, 0.5) is 16.2 Å². The van der Waals surface area contributed by atoms with Crippen molar-refractivity contribution in [1.82, 2.24) is 0 Å². The lowest BCUT2D eigenvalue weighted by Gasteiger charge is -2.37. The van der Waals surface area contributed by atoms with Gasteiger partial charge in [0.15, 0.2) is 5.60 Å². The van der Waals surface area contributed by atoms with Gasteiger partial charge in [-0.05, 0) is 68.4 Å². The zero-order valence-corrected chi connectivity index (χ0v) is 19.3. The molecule has 0 bridgehead atoms. The molecule has 0 fully saturated rings. The molecular weight excluding hydrogens is 436 g/mol. The van der Waals surface area contributed by atoms with Crippen molar-refractivity contribution in [2.75, 3.05) is 5.32 Å². The van der Waals surface area contributed by atoms with Crippen molar-refractivity contribution in [3.8, 4) is 11.5 Å². The lowest BCUT2D eigenvalue weighted by atomic mass is 9.77. The van der Waals surface area contributed by atoms with Crippen molar-refractivity contribution in [3.63, 3.8) is 0 Å². The molecule has 0 aromatic heterocycles. The molecule has 3 aromatic carbocycles. The molecule has 0 saturated carbocycles. The molecule has 1 atom stereocenters. The van der Waals surface area contributed by atoms with Crippen molar-refractivity contribution in [2.45, 2.75) is 38.6 Å². The first-order valence-electron chi connectivity index (χ1n) is 10.6. The maximum atomic E-state index is 12.3. The minimum atomic E-state index is -0.829. The van der Waals surface area contributed by atoms with Gasteiger partial charge in [0.1, 0.15) is 17.1 Å². The predicted molar refractivity (Wildman–Crippen MR) is 129 cm³/mol. The Kier molecular flexibility index (Phi) is 5.05. The van der Waals surface area contributed by atoms with Crippen LogP contribution in [0.5, 0.6) is 11.5 Å². The number of aliphatic imine (C=N–C) groups is 1. The maximum absolute atomic E-state index is 12.3. The van der Waals surface area contributed by atoms with Crippen LogP contribution in [0.25, 0.3) is 0 Å². The molecule has 1 amide bonds. The fourth-order valence-electron chi connectivity index (χ4n) is 4.37. The number of anilines is 1. The summed E-state index contributed by atoms with van der Waals surface area (Å²) >= 11 is 4.77. The summed E-state index contributed by atoms with van der Waals surface area (Å²) < 4.78 is 18.2. The van der Waals surface area contributed by atoms with Gasteiger partial charge in [0.25, 0.3) is 0 Å². The Morgan fingerprint density at radius 3 is 2.55 bits per heavy atom. The number of thiocarbonyl (C=S) groups is 1. The molecule has 0 aliphatic carbocycles. The van der Waals surface area contributed by atoms with E-state index < -0.39 is 17.3 Å². The molecule has 2 aliphatic heterocycles. The quantitative estimate of drug-likeness (QED) is 0.342.